The van der Waals surface area contributed by atoms with Crippen LogP contribution in [0.4, 0.5) is 28.0 Å². The van der Waals surface area contributed by atoms with E-state index in [1.54, 1.807) is 0 Å². The molecule has 140 valence electrons. The smallest absolute Gasteiger partial charge is 0.290 e. The van der Waals surface area contributed by atoms with Crippen molar-refractivity contribution in [1.82, 2.24) is 19.8 Å². The molecule has 1 aromatic heterocycles. The Morgan fingerprint density at radius 3 is 2.30 bits per heavy atom. The number of benzene rings is 2. The van der Waals surface area contributed by atoms with Crippen molar-refractivity contribution >= 4 is 11.7 Å². The number of hydrogen-bond donors (Lipinski definition) is 0. The van der Waals surface area contributed by atoms with Crippen LogP contribution < -0.4 is 10.6 Å². The summed E-state index contributed by atoms with van der Waals surface area (Å²) in [6.45, 7) is 1.38. The molecule has 0 aliphatic heterocycles. The van der Waals surface area contributed by atoms with Gasteiger partial charge >= 0.3 is 11.7 Å². The van der Waals surface area contributed by atoms with Crippen molar-refractivity contribution in [3.05, 3.63) is 70.2 Å². The van der Waals surface area contributed by atoms with E-state index in [2.05, 4.69) is 10.4 Å². The van der Waals surface area contributed by atoms with E-state index < -0.39 is 40.7 Å². The number of rotatable bonds is 3. The number of aromatic nitrogens is 4. The number of hydrogen-bond acceptors (Lipinski definition) is 4. The standard InChI is InChI=1S/C16H11F4N5O2/c1-2-23(13-7-6-9(17)8-12(13)20)15(26)25-16(27)24(21-22-25)14-10(18)4-3-5-11(14)19/h3-8H,2H2,1H3. The van der Waals surface area contributed by atoms with Crippen molar-refractivity contribution in [3.63, 3.8) is 0 Å². The lowest BCUT2D eigenvalue weighted by Gasteiger charge is -2.20. The first-order valence-electron chi connectivity index (χ1n) is 7.61. The topological polar surface area (TPSA) is 73.0 Å². The van der Waals surface area contributed by atoms with E-state index in [4.69, 9.17) is 0 Å². The first-order chi connectivity index (χ1) is 12.8. The van der Waals surface area contributed by atoms with Gasteiger partial charge in [-0.1, -0.05) is 6.07 Å². The summed E-state index contributed by atoms with van der Waals surface area (Å²) in [5, 5.41) is 6.62. The molecule has 0 spiro atoms. The van der Waals surface area contributed by atoms with E-state index in [1.165, 1.54) is 6.92 Å². The van der Waals surface area contributed by atoms with Crippen molar-refractivity contribution in [2.24, 2.45) is 0 Å². The Morgan fingerprint density at radius 2 is 1.70 bits per heavy atom. The molecule has 0 bridgehead atoms. The molecular weight excluding hydrogens is 370 g/mol. The fourth-order valence-electron chi connectivity index (χ4n) is 2.42. The zero-order valence-electron chi connectivity index (χ0n) is 13.7. The van der Waals surface area contributed by atoms with Crippen molar-refractivity contribution in [1.29, 1.82) is 0 Å². The summed E-state index contributed by atoms with van der Waals surface area (Å²) in [5.74, 6) is -4.06. The molecule has 3 rings (SSSR count). The normalized spacial score (nSPS) is 10.9. The van der Waals surface area contributed by atoms with Gasteiger partial charge in [-0.2, -0.15) is 4.68 Å². The number of nitrogens with zero attached hydrogens (tertiary/aromatic N) is 5. The Labute approximate surface area is 149 Å². The summed E-state index contributed by atoms with van der Waals surface area (Å²) in [4.78, 5) is 25.7. The number of halogens is 4. The van der Waals surface area contributed by atoms with Crippen LogP contribution in [0.15, 0.2) is 41.2 Å². The molecule has 0 aliphatic carbocycles. The van der Waals surface area contributed by atoms with E-state index in [9.17, 15) is 27.2 Å². The Morgan fingerprint density at radius 1 is 1.04 bits per heavy atom. The third-order valence-corrected chi connectivity index (χ3v) is 3.66. The number of para-hydroxylation sites is 1. The zero-order chi connectivity index (χ0) is 19.7. The van der Waals surface area contributed by atoms with Gasteiger partial charge in [0.15, 0.2) is 11.6 Å². The summed E-state index contributed by atoms with van der Waals surface area (Å²) < 4.78 is 55.2. The summed E-state index contributed by atoms with van der Waals surface area (Å²) in [5.41, 5.74) is -2.37. The average Bonchev–Trinajstić information content (AvgIpc) is 2.98. The Kier molecular flexibility index (Phi) is 4.75. The first kappa shape index (κ1) is 18.3. The lowest BCUT2D eigenvalue weighted by atomic mass is 10.2. The van der Waals surface area contributed by atoms with Crippen LogP contribution >= 0.6 is 0 Å². The van der Waals surface area contributed by atoms with E-state index >= 15 is 0 Å². The molecule has 2 aromatic carbocycles. The van der Waals surface area contributed by atoms with Gasteiger partial charge in [0.2, 0.25) is 0 Å². The van der Waals surface area contributed by atoms with Crippen LogP contribution in [0.3, 0.4) is 0 Å². The van der Waals surface area contributed by atoms with Crippen LogP contribution in [0.2, 0.25) is 0 Å². The minimum atomic E-state index is -1.26. The molecule has 0 saturated heterocycles. The first-order valence-corrected chi connectivity index (χ1v) is 7.61. The number of anilines is 1. The maximum absolute atomic E-state index is 14.0. The van der Waals surface area contributed by atoms with Crippen molar-refractivity contribution < 1.29 is 22.4 Å². The Bertz CT molecular complexity index is 1060. The van der Waals surface area contributed by atoms with Gasteiger partial charge in [-0.05, 0) is 41.6 Å². The predicted molar refractivity (Wildman–Crippen MR) is 85.7 cm³/mol. The van der Waals surface area contributed by atoms with Gasteiger partial charge in [0.25, 0.3) is 0 Å². The average molecular weight is 381 g/mol. The third-order valence-electron chi connectivity index (χ3n) is 3.66. The molecule has 27 heavy (non-hydrogen) atoms. The third kappa shape index (κ3) is 3.18. The SMILES string of the molecule is CCN(C(=O)n1nnn(-c2c(F)cccc2F)c1=O)c1ccc(F)cc1F. The quantitative estimate of drug-likeness (QED) is 0.516. The van der Waals surface area contributed by atoms with Crippen LogP contribution in [0.5, 0.6) is 0 Å². The summed E-state index contributed by atoms with van der Waals surface area (Å²) >= 11 is 0. The highest BCUT2D eigenvalue weighted by atomic mass is 19.1. The molecular formula is C16H11F4N5O2. The minimum absolute atomic E-state index is 0.102. The molecule has 0 aliphatic rings. The molecule has 0 unspecified atom stereocenters. The molecule has 0 saturated carbocycles. The maximum Gasteiger partial charge on any atom is 0.377 e. The Hall–Kier alpha value is -3.50. The lowest BCUT2D eigenvalue weighted by Crippen LogP contribution is -2.41. The summed E-state index contributed by atoms with van der Waals surface area (Å²) in [6.07, 6.45) is 0. The molecule has 0 N–H and O–H groups in total. The van der Waals surface area contributed by atoms with E-state index in [0.29, 0.717) is 6.07 Å². The molecule has 0 radical (unpaired) electrons. The molecule has 7 nitrogen and oxygen atoms in total. The molecule has 0 fully saturated rings. The predicted octanol–water partition coefficient (Wildman–Crippen LogP) is 2.48. The van der Waals surface area contributed by atoms with Crippen molar-refractivity contribution in [3.8, 4) is 5.69 Å². The van der Waals surface area contributed by atoms with Gasteiger partial charge in [0.1, 0.15) is 17.3 Å². The second-order valence-electron chi connectivity index (χ2n) is 5.28. The maximum atomic E-state index is 14.0. The second kappa shape index (κ2) is 7.02. The summed E-state index contributed by atoms with van der Waals surface area (Å²) in [6, 6.07) is 4.28. The number of carbonyl (C=O) groups is 1. The van der Waals surface area contributed by atoms with Crippen LogP contribution in [0.25, 0.3) is 5.69 Å². The number of carbonyl (C=O) groups excluding carboxylic acids is 1. The molecule has 3 aromatic rings. The van der Waals surface area contributed by atoms with Crippen LogP contribution in [0.1, 0.15) is 6.92 Å². The molecule has 0 atom stereocenters. The van der Waals surface area contributed by atoms with Gasteiger partial charge in [-0.25, -0.2) is 27.2 Å². The lowest BCUT2D eigenvalue weighted by molar-refractivity contribution is 0.243. The second-order valence-corrected chi connectivity index (χ2v) is 5.28. The van der Waals surface area contributed by atoms with Crippen LogP contribution in [-0.2, 0) is 0 Å². The van der Waals surface area contributed by atoms with E-state index in [1.807, 2.05) is 0 Å². The minimum Gasteiger partial charge on any atom is -0.290 e. The van der Waals surface area contributed by atoms with Crippen LogP contribution in [0, 0.1) is 23.3 Å². The number of amides is 1. The van der Waals surface area contributed by atoms with Gasteiger partial charge in [-0.15, -0.1) is 4.68 Å². The fraction of sp³-hybridized carbons (Fsp3) is 0.125. The highest BCUT2D eigenvalue weighted by Crippen LogP contribution is 2.21. The summed E-state index contributed by atoms with van der Waals surface area (Å²) in [7, 11) is 0. The molecule has 1 heterocycles. The van der Waals surface area contributed by atoms with Crippen molar-refractivity contribution in [2.75, 3.05) is 11.4 Å². The zero-order valence-corrected chi connectivity index (χ0v) is 13.7. The molecule has 1 amide bonds. The van der Waals surface area contributed by atoms with Gasteiger partial charge in [0, 0.05) is 12.6 Å². The largest absolute Gasteiger partial charge is 0.377 e. The van der Waals surface area contributed by atoms with Gasteiger partial charge in [-0.3, -0.25) is 4.90 Å². The molecule has 11 heteroatoms. The highest BCUT2D eigenvalue weighted by molar-refractivity contribution is 5.92. The van der Waals surface area contributed by atoms with Crippen molar-refractivity contribution in [2.45, 2.75) is 6.92 Å². The van der Waals surface area contributed by atoms with E-state index in [-0.39, 0.29) is 21.6 Å². The van der Waals surface area contributed by atoms with E-state index in [0.717, 1.165) is 35.2 Å². The van der Waals surface area contributed by atoms with Crippen LogP contribution in [-0.4, -0.2) is 32.4 Å². The highest BCUT2D eigenvalue weighted by Gasteiger charge is 2.25. The Balaban J connectivity index is 2.05. The monoisotopic (exact) mass is 381 g/mol. The fourth-order valence-corrected chi connectivity index (χ4v) is 2.42. The number of tetrazole rings is 1. The van der Waals surface area contributed by atoms with Gasteiger partial charge in [0.05, 0.1) is 5.69 Å². The van der Waals surface area contributed by atoms with Gasteiger partial charge < -0.3 is 0 Å².